The quantitative estimate of drug-likeness (QED) is 0.441. The van der Waals surface area contributed by atoms with Crippen LogP contribution in [0.1, 0.15) is 19.4 Å². The summed E-state index contributed by atoms with van der Waals surface area (Å²) in [6, 6.07) is 4.43. The van der Waals surface area contributed by atoms with E-state index in [0.717, 1.165) is 38.1 Å². The molecule has 124 valence electrons. The molecule has 1 aromatic rings. The number of aromatic nitrogens is 1. The molecule has 2 rings (SSSR count). The van der Waals surface area contributed by atoms with E-state index >= 15 is 0 Å². The third kappa shape index (κ3) is 5.60. The number of nitrogens with one attached hydrogen (secondary N) is 2. The van der Waals surface area contributed by atoms with Gasteiger partial charge in [-0.3, -0.25) is 4.99 Å². The maximum absolute atomic E-state index is 5.41. The summed E-state index contributed by atoms with van der Waals surface area (Å²) < 4.78 is 5.41. The van der Waals surface area contributed by atoms with Crippen LogP contribution in [0.4, 0.5) is 5.82 Å². The van der Waals surface area contributed by atoms with Crippen molar-refractivity contribution in [3.8, 4) is 0 Å². The fraction of sp³-hybridized carbons (Fsp3) is 0.600. The van der Waals surface area contributed by atoms with Crippen LogP contribution in [0.5, 0.6) is 0 Å². The first-order valence-corrected chi connectivity index (χ1v) is 7.44. The van der Waals surface area contributed by atoms with Crippen molar-refractivity contribution in [3.63, 3.8) is 0 Å². The number of nitrogens with zero attached hydrogens (tertiary/aromatic N) is 3. The van der Waals surface area contributed by atoms with Crippen molar-refractivity contribution in [3.05, 3.63) is 23.9 Å². The van der Waals surface area contributed by atoms with Crippen molar-refractivity contribution in [2.75, 3.05) is 38.3 Å². The molecule has 2 N–H and O–H groups in total. The van der Waals surface area contributed by atoms with Gasteiger partial charge in [-0.25, -0.2) is 4.98 Å². The number of ether oxygens (including phenoxy) is 1. The molecule has 0 radical (unpaired) electrons. The second kappa shape index (κ2) is 9.83. The van der Waals surface area contributed by atoms with E-state index in [2.05, 4.69) is 45.4 Å². The Bertz CT molecular complexity index is 475. The molecule has 0 saturated carbocycles. The fourth-order valence-electron chi connectivity index (χ4n) is 2.28. The lowest BCUT2D eigenvalue weighted by Crippen LogP contribution is -2.41. The number of rotatable bonds is 4. The maximum Gasteiger partial charge on any atom is 0.191 e. The summed E-state index contributed by atoms with van der Waals surface area (Å²) in [5, 5.41) is 6.62. The first-order chi connectivity index (χ1) is 10.2. The Morgan fingerprint density at radius 2 is 2.14 bits per heavy atom. The zero-order chi connectivity index (χ0) is 15.1. The van der Waals surface area contributed by atoms with Crippen LogP contribution in [0.3, 0.4) is 0 Å². The standard InChI is InChI=1S/C15H25N5O.HI/c1-12(2)19-15(16-3)18-11-13-5-4-6-17-14(13)20-7-9-21-10-8-20;/h4-6,12H,7-11H2,1-3H3,(H2,16,18,19);1H. The van der Waals surface area contributed by atoms with Crippen LogP contribution in [0.15, 0.2) is 23.3 Å². The van der Waals surface area contributed by atoms with Gasteiger partial charge in [-0.05, 0) is 19.9 Å². The first-order valence-electron chi connectivity index (χ1n) is 7.44. The van der Waals surface area contributed by atoms with E-state index in [1.165, 1.54) is 5.56 Å². The number of pyridine rings is 1. The van der Waals surface area contributed by atoms with Crippen molar-refractivity contribution in [2.24, 2.45) is 4.99 Å². The minimum Gasteiger partial charge on any atom is -0.378 e. The van der Waals surface area contributed by atoms with E-state index in [1.807, 2.05) is 12.3 Å². The van der Waals surface area contributed by atoms with Gasteiger partial charge in [0, 0.05) is 44.5 Å². The third-order valence-corrected chi connectivity index (χ3v) is 3.27. The summed E-state index contributed by atoms with van der Waals surface area (Å²) in [4.78, 5) is 11.0. The van der Waals surface area contributed by atoms with Crippen LogP contribution in [0, 0.1) is 0 Å². The molecule has 0 bridgehead atoms. The van der Waals surface area contributed by atoms with E-state index in [1.54, 1.807) is 7.05 Å². The highest BCUT2D eigenvalue weighted by atomic mass is 127. The monoisotopic (exact) mass is 419 g/mol. The second-order valence-electron chi connectivity index (χ2n) is 5.31. The Balaban J connectivity index is 0.00000242. The molecule has 1 saturated heterocycles. The van der Waals surface area contributed by atoms with Gasteiger partial charge in [0.15, 0.2) is 5.96 Å². The van der Waals surface area contributed by atoms with E-state index in [4.69, 9.17) is 4.74 Å². The average molecular weight is 419 g/mol. The molecule has 1 fully saturated rings. The topological polar surface area (TPSA) is 61.8 Å². The zero-order valence-corrected chi connectivity index (χ0v) is 15.8. The summed E-state index contributed by atoms with van der Waals surface area (Å²) in [5.74, 6) is 1.84. The summed E-state index contributed by atoms with van der Waals surface area (Å²) >= 11 is 0. The summed E-state index contributed by atoms with van der Waals surface area (Å²) in [7, 11) is 1.78. The summed E-state index contributed by atoms with van der Waals surface area (Å²) in [6.07, 6.45) is 1.84. The predicted octanol–water partition coefficient (Wildman–Crippen LogP) is 1.61. The van der Waals surface area contributed by atoms with Crippen molar-refractivity contribution in [2.45, 2.75) is 26.4 Å². The number of morpholine rings is 1. The Morgan fingerprint density at radius 3 is 2.77 bits per heavy atom. The van der Waals surface area contributed by atoms with Crippen LogP contribution < -0.4 is 15.5 Å². The largest absolute Gasteiger partial charge is 0.378 e. The first kappa shape index (κ1) is 19.0. The highest BCUT2D eigenvalue weighted by Crippen LogP contribution is 2.18. The number of aliphatic imine (C=N–C) groups is 1. The molecule has 1 aromatic heterocycles. The number of anilines is 1. The Kier molecular flexibility index (Phi) is 8.47. The Hall–Kier alpha value is -1.09. The predicted molar refractivity (Wildman–Crippen MR) is 101 cm³/mol. The minimum atomic E-state index is 0. The molecule has 0 atom stereocenters. The van der Waals surface area contributed by atoms with Crippen molar-refractivity contribution < 1.29 is 4.74 Å². The molecule has 22 heavy (non-hydrogen) atoms. The van der Waals surface area contributed by atoms with Gasteiger partial charge in [0.2, 0.25) is 0 Å². The van der Waals surface area contributed by atoms with Gasteiger partial charge in [-0.2, -0.15) is 0 Å². The maximum atomic E-state index is 5.41. The van der Waals surface area contributed by atoms with Gasteiger partial charge in [-0.15, -0.1) is 24.0 Å². The summed E-state index contributed by atoms with van der Waals surface area (Å²) in [5.41, 5.74) is 1.17. The van der Waals surface area contributed by atoms with Crippen LogP contribution in [-0.2, 0) is 11.3 Å². The molecule has 0 amide bonds. The lowest BCUT2D eigenvalue weighted by Gasteiger charge is -2.29. The van der Waals surface area contributed by atoms with Crippen molar-refractivity contribution in [1.82, 2.24) is 15.6 Å². The summed E-state index contributed by atoms with van der Waals surface area (Å²) in [6.45, 7) is 8.20. The third-order valence-electron chi connectivity index (χ3n) is 3.27. The second-order valence-corrected chi connectivity index (χ2v) is 5.31. The molecule has 0 spiro atoms. The van der Waals surface area contributed by atoms with Gasteiger partial charge in [0.25, 0.3) is 0 Å². The zero-order valence-electron chi connectivity index (χ0n) is 13.5. The van der Waals surface area contributed by atoms with Crippen LogP contribution in [0.25, 0.3) is 0 Å². The highest BCUT2D eigenvalue weighted by Gasteiger charge is 2.15. The lowest BCUT2D eigenvalue weighted by molar-refractivity contribution is 0.122. The molecule has 2 heterocycles. The van der Waals surface area contributed by atoms with Gasteiger partial charge >= 0.3 is 0 Å². The molecule has 0 aliphatic carbocycles. The van der Waals surface area contributed by atoms with E-state index < -0.39 is 0 Å². The lowest BCUT2D eigenvalue weighted by atomic mass is 10.2. The average Bonchev–Trinajstić information content (AvgIpc) is 2.52. The van der Waals surface area contributed by atoms with Crippen molar-refractivity contribution in [1.29, 1.82) is 0 Å². The van der Waals surface area contributed by atoms with Crippen LogP contribution in [0.2, 0.25) is 0 Å². The number of halogens is 1. The number of hydrogen-bond acceptors (Lipinski definition) is 4. The molecular formula is C15H26IN5O. The fourth-order valence-corrected chi connectivity index (χ4v) is 2.28. The molecule has 7 heteroatoms. The Labute approximate surface area is 149 Å². The van der Waals surface area contributed by atoms with Gasteiger partial charge in [-0.1, -0.05) is 6.07 Å². The number of guanidine groups is 1. The molecule has 0 unspecified atom stereocenters. The minimum absolute atomic E-state index is 0. The normalized spacial score (nSPS) is 15.5. The van der Waals surface area contributed by atoms with Crippen molar-refractivity contribution >= 4 is 35.8 Å². The van der Waals surface area contributed by atoms with Gasteiger partial charge < -0.3 is 20.3 Å². The van der Waals surface area contributed by atoms with Crippen LogP contribution in [-0.4, -0.2) is 50.3 Å². The smallest absolute Gasteiger partial charge is 0.191 e. The Morgan fingerprint density at radius 1 is 1.41 bits per heavy atom. The number of hydrogen-bond donors (Lipinski definition) is 2. The van der Waals surface area contributed by atoms with Crippen LogP contribution >= 0.6 is 24.0 Å². The molecule has 1 aliphatic heterocycles. The molecule has 1 aliphatic rings. The van der Waals surface area contributed by atoms with Gasteiger partial charge in [0.1, 0.15) is 5.82 Å². The molecule has 6 nitrogen and oxygen atoms in total. The van der Waals surface area contributed by atoms with E-state index in [9.17, 15) is 0 Å². The molecule has 0 aromatic carbocycles. The molecular weight excluding hydrogens is 393 g/mol. The van der Waals surface area contributed by atoms with E-state index in [-0.39, 0.29) is 24.0 Å². The SMILES string of the molecule is CN=C(NCc1cccnc1N1CCOCC1)NC(C)C.I. The van der Waals surface area contributed by atoms with E-state index in [0.29, 0.717) is 12.6 Å². The van der Waals surface area contributed by atoms with Gasteiger partial charge in [0.05, 0.1) is 13.2 Å². The highest BCUT2D eigenvalue weighted by molar-refractivity contribution is 14.0.